The standard InChI is InChI=1S/C12H17IN2O2/c1-8(16)7-15(3)12(17)14-11-6-4-5-10(13)9(11)2/h4-6,8,16H,7H2,1-3H3,(H,14,17)/t8-/m0/s1. The first-order valence-corrected chi connectivity index (χ1v) is 6.45. The maximum Gasteiger partial charge on any atom is 0.321 e. The number of hydrogen-bond donors (Lipinski definition) is 2. The fraction of sp³-hybridized carbons (Fsp3) is 0.417. The van der Waals surface area contributed by atoms with Gasteiger partial charge in [-0.3, -0.25) is 0 Å². The highest BCUT2D eigenvalue weighted by Crippen LogP contribution is 2.20. The Morgan fingerprint density at radius 2 is 2.24 bits per heavy atom. The van der Waals surface area contributed by atoms with E-state index in [0.29, 0.717) is 6.54 Å². The van der Waals surface area contributed by atoms with Crippen LogP contribution in [-0.4, -0.2) is 35.7 Å². The van der Waals surface area contributed by atoms with Crippen molar-refractivity contribution in [2.45, 2.75) is 20.0 Å². The molecule has 94 valence electrons. The maximum atomic E-state index is 11.8. The first-order chi connectivity index (χ1) is 7.91. The van der Waals surface area contributed by atoms with Crippen molar-refractivity contribution in [1.82, 2.24) is 4.90 Å². The van der Waals surface area contributed by atoms with Gasteiger partial charge in [0.2, 0.25) is 0 Å². The van der Waals surface area contributed by atoms with Crippen molar-refractivity contribution >= 4 is 34.3 Å². The molecule has 0 unspecified atom stereocenters. The molecule has 0 spiro atoms. The molecular weight excluding hydrogens is 331 g/mol. The Bertz CT molecular complexity index is 407. The summed E-state index contributed by atoms with van der Waals surface area (Å²) in [5.41, 5.74) is 1.85. The summed E-state index contributed by atoms with van der Waals surface area (Å²) < 4.78 is 1.11. The highest BCUT2D eigenvalue weighted by atomic mass is 127. The normalized spacial score (nSPS) is 12.1. The highest BCUT2D eigenvalue weighted by molar-refractivity contribution is 14.1. The smallest absolute Gasteiger partial charge is 0.321 e. The molecule has 1 aromatic carbocycles. The molecule has 1 aromatic rings. The summed E-state index contributed by atoms with van der Waals surface area (Å²) in [6.07, 6.45) is -0.525. The number of benzene rings is 1. The molecule has 0 heterocycles. The SMILES string of the molecule is Cc1c(I)cccc1NC(=O)N(C)C[C@H](C)O. The van der Waals surface area contributed by atoms with Gasteiger partial charge in [0.1, 0.15) is 0 Å². The first kappa shape index (κ1) is 14.2. The van der Waals surface area contributed by atoms with Gasteiger partial charge < -0.3 is 15.3 Å². The molecule has 0 saturated carbocycles. The van der Waals surface area contributed by atoms with Gasteiger partial charge >= 0.3 is 6.03 Å². The molecule has 0 radical (unpaired) electrons. The van der Waals surface area contributed by atoms with E-state index < -0.39 is 6.10 Å². The van der Waals surface area contributed by atoms with E-state index in [1.807, 2.05) is 25.1 Å². The van der Waals surface area contributed by atoms with Crippen LogP contribution >= 0.6 is 22.6 Å². The zero-order valence-corrected chi connectivity index (χ0v) is 12.4. The number of aliphatic hydroxyl groups excluding tert-OH is 1. The van der Waals surface area contributed by atoms with Gasteiger partial charge in [0.05, 0.1) is 6.10 Å². The van der Waals surface area contributed by atoms with E-state index in [2.05, 4.69) is 27.9 Å². The second-order valence-electron chi connectivity index (χ2n) is 4.07. The van der Waals surface area contributed by atoms with Crippen molar-refractivity contribution in [3.8, 4) is 0 Å². The lowest BCUT2D eigenvalue weighted by Gasteiger charge is -2.20. The van der Waals surface area contributed by atoms with E-state index in [9.17, 15) is 9.90 Å². The molecule has 0 aliphatic heterocycles. The van der Waals surface area contributed by atoms with Crippen LogP contribution in [0.4, 0.5) is 10.5 Å². The van der Waals surface area contributed by atoms with Crippen LogP contribution in [0.5, 0.6) is 0 Å². The Hall–Kier alpha value is -0.820. The van der Waals surface area contributed by atoms with Crippen LogP contribution in [0.3, 0.4) is 0 Å². The summed E-state index contributed by atoms with van der Waals surface area (Å²) in [5, 5.41) is 12.0. The van der Waals surface area contributed by atoms with E-state index in [-0.39, 0.29) is 6.03 Å². The average molecular weight is 348 g/mol. The van der Waals surface area contributed by atoms with Crippen molar-refractivity contribution in [3.63, 3.8) is 0 Å². The van der Waals surface area contributed by atoms with Crippen LogP contribution in [-0.2, 0) is 0 Å². The molecule has 4 nitrogen and oxygen atoms in total. The van der Waals surface area contributed by atoms with Crippen molar-refractivity contribution in [2.24, 2.45) is 0 Å². The number of aliphatic hydroxyl groups is 1. The molecule has 0 aliphatic carbocycles. The lowest BCUT2D eigenvalue weighted by Crippen LogP contribution is -2.36. The van der Waals surface area contributed by atoms with Crippen molar-refractivity contribution < 1.29 is 9.90 Å². The van der Waals surface area contributed by atoms with Gasteiger partial charge in [0, 0.05) is 22.8 Å². The van der Waals surface area contributed by atoms with E-state index >= 15 is 0 Å². The van der Waals surface area contributed by atoms with Gasteiger partial charge in [-0.1, -0.05) is 6.07 Å². The zero-order valence-electron chi connectivity index (χ0n) is 10.2. The van der Waals surface area contributed by atoms with Gasteiger partial charge in [-0.05, 0) is 54.1 Å². The number of carbonyl (C=O) groups is 1. The summed E-state index contributed by atoms with van der Waals surface area (Å²) in [4.78, 5) is 13.3. The van der Waals surface area contributed by atoms with Crippen LogP contribution < -0.4 is 5.32 Å². The van der Waals surface area contributed by atoms with Crippen LogP contribution in [0.1, 0.15) is 12.5 Å². The lowest BCUT2D eigenvalue weighted by atomic mass is 10.2. The summed E-state index contributed by atoms with van der Waals surface area (Å²) >= 11 is 2.23. The Morgan fingerprint density at radius 3 is 2.82 bits per heavy atom. The largest absolute Gasteiger partial charge is 0.392 e. The maximum absolute atomic E-state index is 11.8. The number of rotatable bonds is 3. The molecule has 1 atom stereocenters. The predicted octanol–water partition coefficient (Wildman–Crippen LogP) is 2.44. The topological polar surface area (TPSA) is 52.6 Å². The van der Waals surface area contributed by atoms with Crippen LogP contribution in [0.25, 0.3) is 0 Å². The number of nitrogens with one attached hydrogen (secondary N) is 1. The highest BCUT2D eigenvalue weighted by Gasteiger charge is 2.12. The predicted molar refractivity (Wildman–Crippen MR) is 77.2 cm³/mol. The monoisotopic (exact) mass is 348 g/mol. The molecule has 5 heteroatoms. The lowest BCUT2D eigenvalue weighted by molar-refractivity contribution is 0.149. The quantitative estimate of drug-likeness (QED) is 0.825. The summed E-state index contributed by atoms with van der Waals surface area (Å²) in [6.45, 7) is 3.93. The van der Waals surface area contributed by atoms with Gasteiger partial charge in [0.25, 0.3) is 0 Å². The second-order valence-corrected chi connectivity index (χ2v) is 5.23. The number of carbonyl (C=O) groups excluding carboxylic acids is 1. The molecule has 0 aliphatic rings. The molecule has 0 saturated heterocycles. The fourth-order valence-electron chi connectivity index (χ4n) is 1.43. The molecule has 17 heavy (non-hydrogen) atoms. The number of likely N-dealkylation sites (N-methyl/N-ethyl adjacent to an activating group) is 1. The molecule has 0 bridgehead atoms. The Kier molecular flexibility index (Phi) is 5.20. The summed E-state index contributed by atoms with van der Waals surface area (Å²) in [5.74, 6) is 0. The van der Waals surface area contributed by atoms with Crippen molar-refractivity contribution in [3.05, 3.63) is 27.3 Å². The van der Waals surface area contributed by atoms with E-state index in [1.165, 1.54) is 4.90 Å². The third kappa shape index (κ3) is 4.16. The minimum Gasteiger partial charge on any atom is -0.392 e. The van der Waals surface area contributed by atoms with E-state index in [4.69, 9.17) is 0 Å². The molecule has 0 aromatic heterocycles. The summed E-state index contributed by atoms with van der Waals surface area (Å²) in [7, 11) is 1.66. The van der Waals surface area contributed by atoms with Crippen LogP contribution in [0.2, 0.25) is 0 Å². The van der Waals surface area contributed by atoms with Crippen molar-refractivity contribution in [1.29, 1.82) is 0 Å². The van der Waals surface area contributed by atoms with E-state index in [1.54, 1.807) is 14.0 Å². The van der Waals surface area contributed by atoms with Gasteiger partial charge in [-0.2, -0.15) is 0 Å². The zero-order chi connectivity index (χ0) is 13.0. The molecular formula is C12H17IN2O2. The number of hydrogen-bond acceptors (Lipinski definition) is 2. The van der Waals surface area contributed by atoms with E-state index in [0.717, 1.165) is 14.8 Å². The molecule has 2 amide bonds. The molecule has 1 rings (SSSR count). The minimum atomic E-state index is -0.525. The Morgan fingerprint density at radius 1 is 1.59 bits per heavy atom. The first-order valence-electron chi connectivity index (χ1n) is 5.37. The Labute approximate surface area is 115 Å². The second kappa shape index (κ2) is 6.20. The van der Waals surface area contributed by atoms with Gasteiger partial charge in [-0.15, -0.1) is 0 Å². The van der Waals surface area contributed by atoms with Crippen molar-refractivity contribution in [2.75, 3.05) is 18.9 Å². The van der Waals surface area contributed by atoms with Gasteiger partial charge in [0.15, 0.2) is 0 Å². The number of urea groups is 1. The van der Waals surface area contributed by atoms with Crippen LogP contribution in [0.15, 0.2) is 18.2 Å². The Balaban J connectivity index is 2.71. The average Bonchev–Trinajstić information content (AvgIpc) is 2.23. The molecule has 2 N–H and O–H groups in total. The molecule has 0 fully saturated rings. The number of anilines is 1. The third-order valence-electron chi connectivity index (χ3n) is 2.39. The number of nitrogens with zero attached hydrogens (tertiary/aromatic N) is 1. The minimum absolute atomic E-state index is 0.212. The summed E-state index contributed by atoms with van der Waals surface area (Å²) in [6, 6.07) is 5.55. The fourth-order valence-corrected chi connectivity index (χ4v) is 1.93. The number of halogens is 1. The third-order valence-corrected chi connectivity index (χ3v) is 3.56. The van der Waals surface area contributed by atoms with Crippen LogP contribution in [0, 0.1) is 10.5 Å². The number of amides is 2. The van der Waals surface area contributed by atoms with Gasteiger partial charge in [-0.25, -0.2) is 4.79 Å².